The number of hydrogen-bond donors (Lipinski definition) is 1. The van der Waals surface area contributed by atoms with Crippen LogP contribution < -0.4 is 0 Å². The van der Waals surface area contributed by atoms with E-state index in [-0.39, 0.29) is 10.9 Å². The lowest BCUT2D eigenvalue weighted by atomic mass is 9.90. The Balaban J connectivity index is 1.81. The van der Waals surface area contributed by atoms with Crippen molar-refractivity contribution >= 4 is 10.9 Å². The van der Waals surface area contributed by atoms with Gasteiger partial charge in [-0.05, 0) is 42.6 Å². The summed E-state index contributed by atoms with van der Waals surface area (Å²) >= 11 is 0. The monoisotopic (exact) mass is 468 g/mol. The summed E-state index contributed by atoms with van der Waals surface area (Å²) in [7, 11) is 0. The van der Waals surface area contributed by atoms with E-state index < -0.39 is 41.3 Å². The van der Waals surface area contributed by atoms with E-state index in [9.17, 15) is 31.4 Å². The van der Waals surface area contributed by atoms with Crippen LogP contribution in [0.4, 0.5) is 26.3 Å². The second kappa shape index (κ2) is 8.95. The van der Waals surface area contributed by atoms with Crippen LogP contribution in [-0.4, -0.2) is 27.6 Å². The van der Waals surface area contributed by atoms with Crippen molar-refractivity contribution in [2.45, 2.75) is 50.3 Å². The lowest BCUT2D eigenvalue weighted by Gasteiger charge is -2.39. The van der Waals surface area contributed by atoms with Gasteiger partial charge in [0.15, 0.2) is 0 Å². The predicted octanol–water partition coefficient (Wildman–Crippen LogP) is 6.36. The second-order valence-corrected chi connectivity index (χ2v) is 8.26. The average Bonchev–Trinajstić information content (AvgIpc) is 2.77. The van der Waals surface area contributed by atoms with Gasteiger partial charge in [0.1, 0.15) is 5.69 Å². The van der Waals surface area contributed by atoms with Crippen molar-refractivity contribution in [3.05, 3.63) is 77.0 Å². The lowest BCUT2D eigenvalue weighted by molar-refractivity contribution is -0.142. The van der Waals surface area contributed by atoms with Crippen LogP contribution >= 0.6 is 0 Å². The van der Waals surface area contributed by atoms with E-state index in [1.54, 1.807) is 0 Å². The number of piperidine rings is 1. The van der Waals surface area contributed by atoms with Crippen LogP contribution in [0.15, 0.2) is 54.6 Å². The van der Waals surface area contributed by atoms with Crippen molar-refractivity contribution in [3.8, 4) is 0 Å². The molecule has 1 aliphatic rings. The standard InChI is InChI=1S/C24H22F6N2O/c25-23(26,27)18-10-6-9-16-17(13-20(24(28,29)30)31-21(16)18)22(33)19-11-4-5-12-32(19)14-15-7-2-1-3-8-15/h1-3,6-10,13,19,22,33H,4-5,11-12,14H2/t19-,22+/m1/s1. The van der Waals surface area contributed by atoms with Crippen molar-refractivity contribution < 1.29 is 31.4 Å². The Morgan fingerprint density at radius 2 is 1.67 bits per heavy atom. The van der Waals surface area contributed by atoms with E-state index in [4.69, 9.17) is 0 Å². The van der Waals surface area contributed by atoms with Gasteiger partial charge >= 0.3 is 12.4 Å². The number of likely N-dealkylation sites (tertiary alicyclic amines) is 1. The topological polar surface area (TPSA) is 36.4 Å². The third-order valence-corrected chi connectivity index (χ3v) is 6.04. The Morgan fingerprint density at radius 3 is 2.33 bits per heavy atom. The van der Waals surface area contributed by atoms with Gasteiger partial charge in [-0.2, -0.15) is 26.3 Å². The maximum atomic E-state index is 13.6. The molecule has 1 N–H and O–H groups in total. The fraction of sp³-hybridized carbons (Fsp3) is 0.375. The first-order valence-corrected chi connectivity index (χ1v) is 10.6. The highest BCUT2D eigenvalue weighted by molar-refractivity contribution is 5.86. The van der Waals surface area contributed by atoms with Gasteiger partial charge in [0, 0.05) is 18.0 Å². The molecule has 3 aromatic rings. The highest BCUT2D eigenvalue weighted by Gasteiger charge is 2.39. The summed E-state index contributed by atoms with van der Waals surface area (Å²) in [4.78, 5) is 5.30. The van der Waals surface area contributed by atoms with Gasteiger partial charge in [0.25, 0.3) is 0 Å². The van der Waals surface area contributed by atoms with Crippen molar-refractivity contribution in [1.82, 2.24) is 9.88 Å². The number of halogens is 6. The predicted molar refractivity (Wildman–Crippen MR) is 111 cm³/mol. The van der Waals surface area contributed by atoms with Gasteiger partial charge in [-0.15, -0.1) is 0 Å². The highest BCUT2D eigenvalue weighted by Crippen LogP contribution is 2.41. The molecule has 0 bridgehead atoms. The number of rotatable bonds is 4. The molecular weight excluding hydrogens is 446 g/mol. The molecule has 9 heteroatoms. The van der Waals surface area contributed by atoms with Crippen LogP contribution in [0.25, 0.3) is 10.9 Å². The van der Waals surface area contributed by atoms with Crippen molar-refractivity contribution in [2.24, 2.45) is 0 Å². The SMILES string of the molecule is O[C@@H](c1cc(C(F)(F)F)nc2c(C(F)(F)F)cccc12)[C@H]1CCCCN1Cc1ccccc1. The minimum Gasteiger partial charge on any atom is -0.387 e. The van der Waals surface area contributed by atoms with Crippen LogP contribution in [0.5, 0.6) is 0 Å². The molecule has 0 saturated carbocycles. The van der Waals surface area contributed by atoms with Gasteiger partial charge in [0.05, 0.1) is 17.2 Å². The normalized spacial score (nSPS) is 19.1. The second-order valence-electron chi connectivity index (χ2n) is 8.26. The van der Waals surface area contributed by atoms with E-state index >= 15 is 0 Å². The first kappa shape index (κ1) is 23.5. The number of aliphatic hydroxyl groups is 1. The fourth-order valence-electron chi connectivity index (χ4n) is 4.49. The summed E-state index contributed by atoms with van der Waals surface area (Å²) in [6.45, 7) is 1.10. The van der Waals surface area contributed by atoms with E-state index in [0.717, 1.165) is 24.5 Å². The molecule has 0 unspecified atom stereocenters. The molecule has 176 valence electrons. The number of nitrogens with zero attached hydrogens (tertiary/aromatic N) is 2. The molecule has 1 aliphatic heterocycles. The zero-order valence-corrected chi connectivity index (χ0v) is 17.5. The fourth-order valence-corrected chi connectivity index (χ4v) is 4.49. The number of para-hydroxylation sites is 1. The zero-order chi connectivity index (χ0) is 23.8. The molecule has 2 aromatic carbocycles. The molecule has 1 aromatic heterocycles. The van der Waals surface area contributed by atoms with Gasteiger partial charge in [-0.25, -0.2) is 4.98 Å². The smallest absolute Gasteiger partial charge is 0.387 e. The summed E-state index contributed by atoms with van der Waals surface area (Å²) < 4.78 is 81.3. The Hall–Kier alpha value is -2.65. The van der Waals surface area contributed by atoms with E-state index in [1.807, 2.05) is 35.2 Å². The summed E-state index contributed by atoms with van der Waals surface area (Å²) in [5.74, 6) is 0. The minimum absolute atomic E-state index is 0.129. The van der Waals surface area contributed by atoms with Crippen molar-refractivity contribution in [3.63, 3.8) is 0 Å². The molecular formula is C24H22F6N2O. The third-order valence-electron chi connectivity index (χ3n) is 6.04. The molecule has 3 nitrogen and oxygen atoms in total. The van der Waals surface area contributed by atoms with Crippen LogP contribution in [0, 0.1) is 0 Å². The van der Waals surface area contributed by atoms with Crippen LogP contribution in [-0.2, 0) is 18.9 Å². The van der Waals surface area contributed by atoms with Gasteiger partial charge in [0.2, 0.25) is 0 Å². The summed E-state index contributed by atoms with van der Waals surface area (Å²) in [5.41, 5.74) is -2.73. The molecule has 33 heavy (non-hydrogen) atoms. The molecule has 1 saturated heterocycles. The van der Waals surface area contributed by atoms with Gasteiger partial charge in [-0.1, -0.05) is 48.9 Å². The minimum atomic E-state index is -4.96. The number of aromatic nitrogens is 1. The number of pyridine rings is 1. The third kappa shape index (κ3) is 4.99. The summed E-state index contributed by atoms with van der Waals surface area (Å²) in [5, 5.41) is 11.1. The molecule has 2 heterocycles. The van der Waals surface area contributed by atoms with Crippen LogP contribution in [0.1, 0.15) is 47.8 Å². The van der Waals surface area contributed by atoms with Crippen molar-refractivity contribution in [1.29, 1.82) is 0 Å². The number of alkyl halides is 6. The van der Waals surface area contributed by atoms with Gasteiger partial charge < -0.3 is 5.11 Å². The first-order chi connectivity index (χ1) is 15.6. The Labute approximate surface area is 186 Å². The Kier molecular flexibility index (Phi) is 6.37. The number of fused-ring (bicyclic) bond motifs is 1. The maximum Gasteiger partial charge on any atom is 0.433 e. The quantitative estimate of drug-likeness (QED) is 0.453. The van der Waals surface area contributed by atoms with Crippen LogP contribution in [0.2, 0.25) is 0 Å². The molecule has 0 amide bonds. The van der Waals surface area contributed by atoms with E-state index in [0.29, 0.717) is 31.6 Å². The average molecular weight is 468 g/mol. The van der Waals surface area contributed by atoms with E-state index in [1.165, 1.54) is 6.07 Å². The Morgan fingerprint density at radius 1 is 0.939 bits per heavy atom. The Bertz CT molecular complexity index is 1110. The number of aliphatic hydroxyl groups excluding tert-OH is 1. The maximum absolute atomic E-state index is 13.6. The molecule has 4 rings (SSSR count). The number of benzene rings is 2. The molecule has 2 atom stereocenters. The molecule has 0 aliphatic carbocycles. The highest BCUT2D eigenvalue weighted by atomic mass is 19.4. The zero-order valence-electron chi connectivity index (χ0n) is 17.5. The summed E-state index contributed by atoms with van der Waals surface area (Å²) in [6.07, 6.45) is -9.13. The molecule has 0 radical (unpaired) electrons. The van der Waals surface area contributed by atoms with Gasteiger partial charge in [-0.3, -0.25) is 4.90 Å². The first-order valence-electron chi connectivity index (χ1n) is 10.6. The largest absolute Gasteiger partial charge is 0.433 e. The molecule has 0 spiro atoms. The van der Waals surface area contributed by atoms with Crippen molar-refractivity contribution in [2.75, 3.05) is 6.54 Å². The van der Waals surface area contributed by atoms with E-state index in [2.05, 4.69) is 4.98 Å². The molecule has 1 fully saturated rings. The summed E-state index contributed by atoms with van der Waals surface area (Å²) in [6, 6.07) is 12.7. The number of hydrogen-bond acceptors (Lipinski definition) is 3. The van der Waals surface area contributed by atoms with Crippen LogP contribution in [0.3, 0.4) is 0 Å². The lowest BCUT2D eigenvalue weighted by Crippen LogP contribution is -2.42.